The predicted octanol–water partition coefficient (Wildman–Crippen LogP) is 2.84. The van der Waals surface area contributed by atoms with E-state index in [1.54, 1.807) is 13.8 Å². The number of hydrogen-bond donors (Lipinski definition) is 1. The average molecular weight is 413 g/mol. The fourth-order valence-corrected chi connectivity index (χ4v) is 4.38. The van der Waals surface area contributed by atoms with Gasteiger partial charge in [-0.1, -0.05) is 32.9 Å². The van der Waals surface area contributed by atoms with Gasteiger partial charge in [0.2, 0.25) is 0 Å². The van der Waals surface area contributed by atoms with Gasteiger partial charge in [0.15, 0.2) is 9.84 Å². The highest BCUT2D eigenvalue weighted by Gasteiger charge is 2.35. The monoisotopic (exact) mass is 413 g/mol. The van der Waals surface area contributed by atoms with Crippen LogP contribution in [0.25, 0.3) is 0 Å². The lowest BCUT2D eigenvalue weighted by atomic mass is 9.87. The van der Waals surface area contributed by atoms with Crippen LogP contribution in [-0.2, 0) is 26.5 Å². The molecule has 0 amide bonds. The number of aliphatic hydroxyl groups is 1. The van der Waals surface area contributed by atoms with Crippen LogP contribution in [0, 0.1) is 5.41 Å². The Kier molecular flexibility index (Phi) is 7.26. The fraction of sp³-hybridized carbons (Fsp3) is 0.765. The summed E-state index contributed by atoms with van der Waals surface area (Å²) in [6, 6.07) is 1.53. The Bertz CT molecular complexity index is 751. The minimum Gasteiger partial charge on any atom is -0.395 e. The Balaban J connectivity index is 2.73. The number of Topliss-reactive ketones (excluding diaryl/α,β-unsaturated/α-hetero) is 1. The van der Waals surface area contributed by atoms with Crippen molar-refractivity contribution in [3.8, 4) is 0 Å². The summed E-state index contributed by atoms with van der Waals surface area (Å²) in [6.45, 7) is 6.19. The van der Waals surface area contributed by atoms with E-state index in [0.29, 0.717) is 5.69 Å². The Morgan fingerprint density at radius 2 is 1.81 bits per heavy atom. The maximum atomic E-state index is 12.5. The zero-order valence-corrected chi connectivity index (χ0v) is 16.7. The molecule has 0 fully saturated rings. The summed E-state index contributed by atoms with van der Waals surface area (Å²) >= 11 is 0. The molecule has 10 heteroatoms. The molecule has 0 aliphatic rings. The van der Waals surface area contributed by atoms with E-state index >= 15 is 0 Å². The van der Waals surface area contributed by atoms with Crippen LogP contribution in [0.5, 0.6) is 0 Å². The van der Waals surface area contributed by atoms with Gasteiger partial charge in [-0.2, -0.15) is 13.2 Å². The first-order valence-corrected chi connectivity index (χ1v) is 10.3. The number of sulfone groups is 1. The molecule has 0 saturated carbocycles. The summed E-state index contributed by atoms with van der Waals surface area (Å²) in [6.07, 6.45) is -6.31. The SMILES string of the molecule is CC(C)(CS(=O)(=O)CCCC(F)(F)F)C(=O)Cc1cc(C(C)(C)CO)no1. The molecule has 0 radical (unpaired) electrons. The van der Waals surface area contributed by atoms with Gasteiger partial charge in [-0.3, -0.25) is 4.79 Å². The molecule has 1 aromatic heterocycles. The summed E-state index contributed by atoms with van der Waals surface area (Å²) in [7, 11) is -3.82. The highest BCUT2D eigenvalue weighted by Crippen LogP contribution is 2.27. The highest BCUT2D eigenvalue weighted by molar-refractivity contribution is 7.91. The molecule has 0 bridgehead atoms. The summed E-state index contributed by atoms with van der Waals surface area (Å²) in [4.78, 5) is 12.5. The molecule has 0 unspecified atom stereocenters. The number of hydrogen-bond acceptors (Lipinski definition) is 6. The lowest BCUT2D eigenvalue weighted by Gasteiger charge is -2.22. The molecule has 0 spiro atoms. The van der Waals surface area contributed by atoms with E-state index in [0.717, 1.165) is 0 Å². The molecule has 0 saturated heterocycles. The molecule has 0 aliphatic heterocycles. The maximum Gasteiger partial charge on any atom is 0.389 e. The number of ketones is 1. The molecule has 1 N–H and O–H groups in total. The minimum absolute atomic E-state index is 0.172. The third-order valence-corrected chi connectivity index (χ3v) is 6.31. The highest BCUT2D eigenvalue weighted by atomic mass is 32.2. The molecule has 1 aromatic rings. The van der Waals surface area contributed by atoms with Gasteiger partial charge in [0.25, 0.3) is 0 Å². The minimum atomic E-state index is -4.41. The Labute approximate surface area is 157 Å². The zero-order chi connectivity index (χ0) is 21.1. The van der Waals surface area contributed by atoms with Crippen LogP contribution in [0.3, 0.4) is 0 Å². The average Bonchev–Trinajstić information content (AvgIpc) is 2.93. The van der Waals surface area contributed by atoms with E-state index in [9.17, 15) is 31.5 Å². The van der Waals surface area contributed by atoms with Gasteiger partial charge in [-0.05, 0) is 6.42 Å². The van der Waals surface area contributed by atoms with Crippen LogP contribution >= 0.6 is 0 Å². The van der Waals surface area contributed by atoms with Crippen LogP contribution in [0.15, 0.2) is 10.6 Å². The predicted molar refractivity (Wildman–Crippen MR) is 93.0 cm³/mol. The van der Waals surface area contributed by atoms with Gasteiger partial charge in [0.05, 0.1) is 30.2 Å². The molecule has 27 heavy (non-hydrogen) atoms. The van der Waals surface area contributed by atoms with E-state index in [2.05, 4.69) is 5.16 Å². The van der Waals surface area contributed by atoms with Crippen LogP contribution in [-0.4, -0.2) is 48.8 Å². The van der Waals surface area contributed by atoms with Gasteiger partial charge in [0.1, 0.15) is 11.5 Å². The molecule has 1 heterocycles. The van der Waals surface area contributed by atoms with Crippen molar-refractivity contribution >= 4 is 15.6 Å². The van der Waals surface area contributed by atoms with Crippen LogP contribution in [0.4, 0.5) is 13.2 Å². The van der Waals surface area contributed by atoms with Crippen molar-refractivity contribution in [3.63, 3.8) is 0 Å². The first-order valence-electron chi connectivity index (χ1n) is 8.45. The Morgan fingerprint density at radius 1 is 1.22 bits per heavy atom. The molecule has 0 atom stereocenters. The number of aromatic nitrogens is 1. The Hall–Kier alpha value is -1.42. The summed E-state index contributed by atoms with van der Waals surface area (Å²) in [5.74, 6) is -1.36. The second-order valence-electron chi connectivity index (χ2n) is 8.02. The summed E-state index contributed by atoms with van der Waals surface area (Å²) in [5.41, 5.74) is -1.47. The number of nitrogens with zero attached hydrogens (tertiary/aromatic N) is 1. The zero-order valence-electron chi connectivity index (χ0n) is 15.9. The van der Waals surface area contributed by atoms with E-state index in [1.807, 2.05) is 0 Å². The smallest absolute Gasteiger partial charge is 0.389 e. The normalized spacial score (nSPS) is 13.8. The van der Waals surface area contributed by atoms with Crippen molar-refractivity contribution in [2.45, 2.75) is 58.5 Å². The summed E-state index contributed by atoms with van der Waals surface area (Å²) in [5, 5.41) is 13.2. The molecule has 0 aromatic carbocycles. The molecule has 156 valence electrons. The van der Waals surface area contributed by atoms with Crippen molar-refractivity contribution in [1.82, 2.24) is 5.16 Å². The standard InChI is InChI=1S/C17H26F3NO5S/c1-15(2,10-22)13-8-12(26-21-13)9-14(23)16(3,4)11-27(24,25)7-5-6-17(18,19)20/h8,22H,5-7,9-11H2,1-4H3. The van der Waals surface area contributed by atoms with Gasteiger partial charge in [-0.15, -0.1) is 0 Å². The second kappa shape index (κ2) is 8.30. The molecule has 0 aliphatic carbocycles. The van der Waals surface area contributed by atoms with Crippen molar-refractivity contribution < 1.29 is 36.0 Å². The van der Waals surface area contributed by atoms with Crippen LogP contribution in [0.2, 0.25) is 0 Å². The maximum absolute atomic E-state index is 12.5. The van der Waals surface area contributed by atoms with Crippen LogP contribution < -0.4 is 0 Å². The van der Waals surface area contributed by atoms with Crippen molar-refractivity contribution in [2.75, 3.05) is 18.1 Å². The lowest BCUT2D eigenvalue weighted by molar-refractivity contribution is -0.134. The molecular weight excluding hydrogens is 387 g/mol. The van der Waals surface area contributed by atoms with E-state index < -0.39 is 57.0 Å². The first kappa shape index (κ1) is 23.6. The lowest BCUT2D eigenvalue weighted by Crippen LogP contribution is -2.34. The van der Waals surface area contributed by atoms with E-state index in [1.165, 1.54) is 19.9 Å². The largest absolute Gasteiger partial charge is 0.395 e. The van der Waals surface area contributed by atoms with Gasteiger partial charge < -0.3 is 9.63 Å². The number of rotatable bonds is 10. The quantitative estimate of drug-likeness (QED) is 0.633. The second-order valence-corrected chi connectivity index (χ2v) is 10.2. The molecular formula is C17H26F3NO5S. The van der Waals surface area contributed by atoms with E-state index in [-0.39, 0.29) is 18.8 Å². The van der Waals surface area contributed by atoms with Crippen LogP contribution in [0.1, 0.15) is 52.0 Å². The fourth-order valence-electron chi connectivity index (χ4n) is 2.39. The number of halogens is 3. The number of alkyl halides is 3. The van der Waals surface area contributed by atoms with Crippen molar-refractivity contribution in [2.24, 2.45) is 5.41 Å². The first-order chi connectivity index (χ1) is 12.1. The van der Waals surface area contributed by atoms with Crippen molar-refractivity contribution in [3.05, 3.63) is 17.5 Å². The topological polar surface area (TPSA) is 97.5 Å². The number of carbonyl (C=O) groups is 1. The third-order valence-electron chi connectivity index (χ3n) is 4.23. The summed E-state index contributed by atoms with van der Waals surface area (Å²) < 4.78 is 65.8. The molecule has 6 nitrogen and oxygen atoms in total. The van der Waals surface area contributed by atoms with Gasteiger partial charge >= 0.3 is 6.18 Å². The number of carbonyl (C=O) groups excluding carboxylic acids is 1. The van der Waals surface area contributed by atoms with E-state index in [4.69, 9.17) is 4.52 Å². The number of aliphatic hydroxyl groups excluding tert-OH is 1. The van der Waals surface area contributed by atoms with Gasteiger partial charge in [0, 0.05) is 23.3 Å². The Morgan fingerprint density at radius 3 is 2.33 bits per heavy atom. The third kappa shape index (κ3) is 7.61. The van der Waals surface area contributed by atoms with Gasteiger partial charge in [-0.25, -0.2) is 8.42 Å². The molecule has 1 rings (SSSR count). The van der Waals surface area contributed by atoms with Crippen molar-refractivity contribution in [1.29, 1.82) is 0 Å².